The van der Waals surface area contributed by atoms with Crippen LogP contribution in [0.2, 0.25) is 0 Å². The Morgan fingerprint density at radius 3 is 2.96 bits per heavy atom. The lowest BCUT2D eigenvalue weighted by atomic mass is 9.89. The van der Waals surface area contributed by atoms with Gasteiger partial charge in [0.1, 0.15) is 21.9 Å². The van der Waals surface area contributed by atoms with Gasteiger partial charge in [-0.3, -0.25) is 0 Å². The first-order valence-corrected chi connectivity index (χ1v) is 11.1. The topological polar surface area (TPSA) is 35.0 Å². The van der Waals surface area contributed by atoms with Gasteiger partial charge in [0.05, 0.1) is 6.61 Å². The summed E-state index contributed by atoms with van der Waals surface area (Å²) in [6.45, 7) is 3.01. The summed E-state index contributed by atoms with van der Waals surface area (Å²) in [7, 11) is 0. The van der Waals surface area contributed by atoms with Crippen LogP contribution in [-0.2, 0) is 12.8 Å². The van der Waals surface area contributed by atoms with Gasteiger partial charge in [-0.05, 0) is 55.0 Å². The minimum atomic E-state index is 0.668. The van der Waals surface area contributed by atoms with E-state index in [-0.39, 0.29) is 0 Å². The van der Waals surface area contributed by atoms with Gasteiger partial charge in [0.2, 0.25) is 0 Å². The lowest BCUT2D eigenvalue weighted by molar-refractivity contribution is 0.344. The van der Waals surface area contributed by atoms with Crippen LogP contribution >= 0.6 is 39.0 Å². The van der Waals surface area contributed by atoms with Gasteiger partial charge >= 0.3 is 0 Å². The van der Waals surface area contributed by atoms with Gasteiger partial charge in [-0.25, -0.2) is 9.97 Å². The van der Waals surface area contributed by atoms with Crippen molar-refractivity contribution in [3.05, 3.63) is 45.5 Å². The number of fused-ring (bicyclic) bond motifs is 3. The maximum Gasteiger partial charge on any atom is 0.128 e. The van der Waals surface area contributed by atoms with E-state index in [4.69, 9.17) is 4.74 Å². The molecule has 3 aromatic rings. The Bertz CT molecular complexity index is 879. The summed E-state index contributed by atoms with van der Waals surface area (Å²) in [5, 5.41) is 2.40. The summed E-state index contributed by atoms with van der Waals surface area (Å²) in [6.07, 6.45) is 5.32. The van der Waals surface area contributed by atoms with Crippen LogP contribution in [-0.4, -0.2) is 22.3 Å². The predicted molar refractivity (Wildman–Crippen MR) is 109 cm³/mol. The molecule has 0 radical (unpaired) electrons. The van der Waals surface area contributed by atoms with Crippen LogP contribution in [0.4, 0.5) is 0 Å². The largest absolute Gasteiger partial charge is 0.493 e. The number of aromatic nitrogens is 2. The molecule has 130 valence electrons. The molecule has 4 rings (SSSR count). The number of ether oxygens (including phenoxy) is 1. The zero-order chi connectivity index (χ0) is 17.2. The lowest BCUT2D eigenvalue weighted by Gasteiger charge is -2.18. The van der Waals surface area contributed by atoms with Crippen LogP contribution in [0.25, 0.3) is 10.2 Å². The third kappa shape index (κ3) is 3.86. The Hall–Kier alpha value is -1.11. The number of rotatable bonds is 5. The van der Waals surface area contributed by atoms with Crippen molar-refractivity contribution in [1.82, 2.24) is 9.97 Å². The molecule has 0 fully saturated rings. The van der Waals surface area contributed by atoms with E-state index in [2.05, 4.69) is 32.8 Å². The van der Waals surface area contributed by atoms with Gasteiger partial charge in [-0.2, -0.15) is 0 Å². The van der Waals surface area contributed by atoms with Crippen molar-refractivity contribution in [2.45, 2.75) is 31.2 Å². The minimum Gasteiger partial charge on any atom is -0.493 e. The molecule has 2 heterocycles. The Labute approximate surface area is 164 Å². The van der Waals surface area contributed by atoms with Gasteiger partial charge in [0, 0.05) is 20.5 Å². The van der Waals surface area contributed by atoms with E-state index in [1.165, 1.54) is 28.7 Å². The molecule has 1 aliphatic carbocycles. The number of halogens is 1. The molecule has 1 aromatic carbocycles. The van der Waals surface area contributed by atoms with Gasteiger partial charge in [0.15, 0.2) is 0 Å². The first-order chi connectivity index (χ1) is 12.2. The average Bonchev–Trinajstić information content (AvgIpc) is 2.98. The Morgan fingerprint density at radius 1 is 1.28 bits per heavy atom. The smallest absolute Gasteiger partial charge is 0.128 e. The second-order valence-corrected chi connectivity index (χ2v) is 9.44. The molecule has 0 saturated carbocycles. The normalized spacial score (nSPS) is 16.8. The SMILES string of the molecule is C[C@H]1CCc2c(sc3ncnc(SCCOc4ccc(Br)cc4)c23)C1. The first-order valence-electron chi connectivity index (χ1n) is 8.47. The molecule has 0 spiro atoms. The monoisotopic (exact) mass is 434 g/mol. The molecular weight excluding hydrogens is 416 g/mol. The van der Waals surface area contributed by atoms with Crippen LogP contribution < -0.4 is 4.74 Å². The van der Waals surface area contributed by atoms with Crippen molar-refractivity contribution in [2.75, 3.05) is 12.4 Å². The van der Waals surface area contributed by atoms with Crippen molar-refractivity contribution in [3.8, 4) is 5.75 Å². The van der Waals surface area contributed by atoms with Gasteiger partial charge in [-0.1, -0.05) is 22.9 Å². The molecule has 0 N–H and O–H groups in total. The van der Waals surface area contributed by atoms with Crippen molar-refractivity contribution in [1.29, 1.82) is 0 Å². The highest BCUT2D eigenvalue weighted by Gasteiger charge is 2.23. The quantitative estimate of drug-likeness (QED) is 0.290. The number of thiophene rings is 1. The number of nitrogens with zero attached hydrogens (tertiary/aromatic N) is 2. The summed E-state index contributed by atoms with van der Waals surface area (Å²) in [4.78, 5) is 11.7. The van der Waals surface area contributed by atoms with Gasteiger partial charge in [0.25, 0.3) is 0 Å². The molecule has 0 aliphatic heterocycles. The van der Waals surface area contributed by atoms with Crippen LogP contribution in [0.5, 0.6) is 5.75 Å². The fraction of sp³-hybridized carbons (Fsp3) is 0.368. The standard InChI is InChI=1S/C19H19BrN2OS2/c1-12-2-7-15-16(10-12)25-19-17(15)18(21-11-22-19)24-9-8-23-14-5-3-13(20)4-6-14/h3-6,11-12H,2,7-10H2,1H3/t12-/m0/s1. The number of hydrogen-bond acceptors (Lipinski definition) is 5. The molecule has 6 heteroatoms. The molecule has 0 saturated heterocycles. The van der Waals surface area contributed by atoms with Gasteiger partial charge in [-0.15, -0.1) is 23.1 Å². The molecule has 25 heavy (non-hydrogen) atoms. The molecular formula is C19H19BrN2OS2. The zero-order valence-electron chi connectivity index (χ0n) is 14.0. The summed E-state index contributed by atoms with van der Waals surface area (Å²) in [5.41, 5.74) is 1.50. The van der Waals surface area contributed by atoms with E-state index in [1.807, 2.05) is 35.6 Å². The van der Waals surface area contributed by atoms with Crippen molar-refractivity contribution >= 4 is 49.2 Å². The molecule has 1 aliphatic rings. The maximum absolute atomic E-state index is 5.82. The predicted octanol–water partition coefficient (Wildman–Crippen LogP) is 5.75. The molecule has 2 aromatic heterocycles. The fourth-order valence-electron chi connectivity index (χ4n) is 3.18. The Morgan fingerprint density at radius 2 is 2.12 bits per heavy atom. The molecule has 0 amide bonds. The van der Waals surface area contributed by atoms with Crippen molar-refractivity contribution < 1.29 is 4.74 Å². The summed E-state index contributed by atoms with van der Waals surface area (Å²) in [6, 6.07) is 7.95. The van der Waals surface area contributed by atoms with Crippen LogP contribution in [0.3, 0.4) is 0 Å². The second-order valence-electron chi connectivity index (χ2n) is 6.36. The average molecular weight is 435 g/mol. The molecule has 0 bridgehead atoms. The van der Waals surface area contributed by atoms with Crippen molar-refractivity contribution in [3.63, 3.8) is 0 Å². The first kappa shape index (κ1) is 17.3. The number of thioether (sulfide) groups is 1. The third-order valence-corrected chi connectivity index (χ3v) is 7.11. The van der Waals surface area contributed by atoms with E-state index >= 15 is 0 Å². The summed E-state index contributed by atoms with van der Waals surface area (Å²) in [5.74, 6) is 2.56. The highest BCUT2D eigenvalue weighted by Crippen LogP contribution is 2.40. The third-order valence-electron chi connectivity index (χ3n) is 4.46. The maximum atomic E-state index is 5.82. The van der Waals surface area contributed by atoms with Gasteiger partial charge < -0.3 is 4.74 Å². The summed E-state index contributed by atoms with van der Waals surface area (Å²) < 4.78 is 6.88. The van der Waals surface area contributed by atoms with Crippen LogP contribution in [0.15, 0.2) is 40.1 Å². The number of aryl methyl sites for hydroxylation is 1. The molecule has 3 nitrogen and oxygen atoms in total. The number of benzene rings is 1. The Kier molecular flexibility index (Phi) is 5.29. The molecule has 0 unspecified atom stereocenters. The molecule has 1 atom stereocenters. The van der Waals surface area contributed by atoms with E-state index in [0.29, 0.717) is 6.61 Å². The minimum absolute atomic E-state index is 0.668. The van der Waals surface area contributed by atoms with E-state index in [9.17, 15) is 0 Å². The summed E-state index contributed by atoms with van der Waals surface area (Å²) >= 11 is 7.06. The van der Waals surface area contributed by atoms with Crippen LogP contribution in [0.1, 0.15) is 23.8 Å². The van der Waals surface area contributed by atoms with Crippen LogP contribution in [0, 0.1) is 5.92 Å². The second kappa shape index (κ2) is 7.64. The Balaban J connectivity index is 1.45. The van der Waals surface area contributed by atoms with Crippen molar-refractivity contribution in [2.24, 2.45) is 5.92 Å². The fourth-order valence-corrected chi connectivity index (χ4v) is 5.71. The van der Waals surface area contributed by atoms with E-state index in [0.717, 1.165) is 38.2 Å². The van der Waals surface area contributed by atoms with E-state index in [1.54, 1.807) is 18.1 Å². The number of hydrogen-bond donors (Lipinski definition) is 0. The zero-order valence-corrected chi connectivity index (χ0v) is 17.2. The lowest BCUT2D eigenvalue weighted by Crippen LogP contribution is -2.08. The highest BCUT2D eigenvalue weighted by molar-refractivity contribution is 9.10. The van der Waals surface area contributed by atoms with E-state index < -0.39 is 0 Å². The highest BCUT2D eigenvalue weighted by atomic mass is 79.9.